The van der Waals surface area contributed by atoms with E-state index in [9.17, 15) is 9.59 Å². The van der Waals surface area contributed by atoms with Gasteiger partial charge in [0.1, 0.15) is 5.69 Å². The van der Waals surface area contributed by atoms with Crippen LogP contribution in [0.4, 0.5) is 0 Å². The molecular weight excluding hydrogens is 222 g/mol. The number of rotatable bonds is 6. The van der Waals surface area contributed by atoms with E-state index in [1.54, 1.807) is 7.11 Å². The van der Waals surface area contributed by atoms with Crippen molar-refractivity contribution in [2.24, 2.45) is 0 Å². The highest BCUT2D eigenvalue weighted by Gasteiger charge is 2.13. The molecule has 0 spiro atoms. The molecule has 94 valence electrons. The number of carbonyl (C=O) groups is 1. The lowest BCUT2D eigenvalue weighted by Gasteiger charge is -2.16. The number of methoxy groups -OCH3 is 1. The average molecular weight is 239 g/mol. The van der Waals surface area contributed by atoms with Crippen molar-refractivity contribution in [3.05, 3.63) is 28.2 Å². The van der Waals surface area contributed by atoms with E-state index in [-0.39, 0.29) is 23.2 Å². The van der Waals surface area contributed by atoms with Crippen molar-refractivity contribution in [3.63, 3.8) is 0 Å². The average Bonchev–Trinajstić information content (AvgIpc) is 2.30. The van der Waals surface area contributed by atoms with Gasteiger partial charge in [-0.1, -0.05) is 13.3 Å². The molecule has 6 nitrogen and oxygen atoms in total. The Bertz CT molecular complexity index is 390. The number of aromatic amines is 1. The highest BCUT2D eigenvalue weighted by molar-refractivity contribution is 5.92. The first-order valence-corrected chi connectivity index (χ1v) is 5.53. The van der Waals surface area contributed by atoms with E-state index in [0.29, 0.717) is 6.61 Å². The minimum absolute atomic E-state index is 0.0359. The highest BCUT2D eigenvalue weighted by Crippen LogP contribution is 1.99. The van der Waals surface area contributed by atoms with E-state index < -0.39 is 0 Å². The first-order valence-electron chi connectivity index (χ1n) is 5.53. The van der Waals surface area contributed by atoms with Gasteiger partial charge in [0.25, 0.3) is 11.5 Å². The quantitative estimate of drug-likeness (QED) is 0.748. The molecule has 1 heterocycles. The van der Waals surface area contributed by atoms with Gasteiger partial charge < -0.3 is 10.1 Å². The molecule has 1 aromatic heterocycles. The van der Waals surface area contributed by atoms with Crippen molar-refractivity contribution in [1.82, 2.24) is 15.5 Å². The first-order chi connectivity index (χ1) is 8.17. The number of carbonyl (C=O) groups excluding carboxylic acids is 1. The third kappa shape index (κ3) is 4.36. The van der Waals surface area contributed by atoms with Gasteiger partial charge in [-0.25, -0.2) is 5.10 Å². The smallest absolute Gasteiger partial charge is 0.272 e. The lowest BCUT2D eigenvalue weighted by Crippen LogP contribution is -2.38. The Labute approximate surface area is 99.4 Å². The fourth-order valence-electron chi connectivity index (χ4n) is 1.48. The number of aromatic nitrogens is 2. The van der Waals surface area contributed by atoms with Crippen LogP contribution in [-0.4, -0.2) is 35.9 Å². The second-order valence-corrected chi connectivity index (χ2v) is 3.72. The van der Waals surface area contributed by atoms with Crippen molar-refractivity contribution < 1.29 is 9.53 Å². The molecule has 0 fully saturated rings. The number of hydrogen-bond acceptors (Lipinski definition) is 4. The van der Waals surface area contributed by atoms with Crippen molar-refractivity contribution in [3.8, 4) is 0 Å². The second-order valence-electron chi connectivity index (χ2n) is 3.72. The van der Waals surface area contributed by atoms with Crippen LogP contribution < -0.4 is 10.9 Å². The molecule has 0 saturated heterocycles. The molecule has 0 aromatic carbocycles. The van der Waals surface area contributed by atoms with E-state index >= 15 is 0 Å². The fraction of sp³-hybridized carbons (Fsp3) is 0.545. The lowest BCUT2D eigenvalue weighted by atomic mass is 10.2. The van der Waals surface area contributed by atoms with E-state index in [1.165, 1.54) is 12.1 Å². The maximum absolute atomic E-state index is 11.8. The normalized spacial score (nSPS) is 12.1. The molecule has 1 atom stereocenters. The molecular formula is C11H17N3O3. The molecule has 6 heteroatoms. The zero-order valence-corrected chi connectivity index (χ0v) is 10.0. The highest BCUT2D eigenvalue weighted by atomic mass is 16.5. The molecule has 0 aliphatic rings. The van der Waals surface area contributed by atoms with Crippen LogP contribution in [0, 0.1) is 0 Å². The Morgan fingerprint density at radius 3 is 2.88 bits per heavy atom. The molecule has 0 saturated carbocycles. The van der Waals surface area contributed by atoms with Crippen LogP contribution in [0.3, 0.4) is 0 Å². The first kappa shape index (κ1) is 13.4. The summed E-state index contributed by atoms with van der Waals surface area (Å²) in [5.41, 5.74) is -0.134. The van der Waals surface area contributed by atoms with Crippen LogP contribution >= 0.6 is 0 Å². The molecule has 1 aromatic rings. The molecule has 0 radical (unpaired) electrons. The molecule has 0 aliphatic heterocycles. The topological polar surface area (TPSA) is 84.1 Å². The van der Waals surface area contributed by atoms with E-state index in [2.05, 4.69) is 15.5 Å². The van der Waals surface area contributed by atoms with Gasteiger partial charge in [-0.05, 0) is 12.5 Å². The van der Waals surface area contributed by atoms with Gasteiger partial charge in [-0.2, -0.15) is 5.10 Å². The van der Waals surface area contributed by atoms with Crippen LogP contribution in [0.25, 0.3) is 0 Å². The van der Waals surface area contributed by atoms with Gasteiger partial charge in [0.2, 0.25) is 0 Å². The molecule has 2 N–H and O–H groups in total. The summed E-state index contributed by atoms with van der Waals surface area (Å²) in [4.78, 5) is 22.6. The molecule has 1 unspecified atom stereocenters. The van der Waals surface area contributed by atoms with Crippen LogP contribution in [0.2, 0.25) is 0 Å². The van der Waals surface area contributed by atoms with Crippen LogP contribution in [0.5, 0.6) is 0 Å². The molecule has 1 rings (SSSR count). The predicted octanol–water partition coefficient (Wildman–Crippen LogP) is 0.315. The zero-order valence-electron chi connectivity index (χ0n) is 10.0. The van der Waals surface area contributed by atoms with Crippen molar-refractivity contribution in [2.45, 2.75) is 25.8 Å². The second kappa shape index (κ2) is 6.80. The SMILES string of the molecule is CCCC(COC)NC(=O)c1ccc(=O)[nH]n1. The van der Waals surface area contributed by atoms with Crippen molar-refractivity contribution in [1.29, 1.82) is 0 Å². The molecule has 17 heavy (non-hydrogen) atoms. The summed E-state index contributed by atoms with van der Waals surface area (Å²) < 4.78 is 5.02. The van der Waals surface area contributed by atoms with Gasteiger partial charge in [-0.3, -0.25) is 9.59 Å². The number of hydrogen-bond donors (Lipinski definition) is 2. The Kier molecular flexibility index (Phi) is 5.35. The van der Waals surface area contributed by atoms with Crippen molar-refractivity contribution in [2.75, 3.05) is 13.7 Å². The zero-order chi connectivity index (χ0) is 12.7. The summed E-state index contributed by atoms with van der Waals surface area (Å²) in [6, 6.07) is 2.63. The van der Waals surface area contributed by atoms with E-state index in [4.69, 9.17) is 4.74 Å². The summed E-state index contributed by atoms with van der Waals surface area (Å²) >= 11 is 0. The minimum atomic E-state index is -0.330. The Balaban J connectivity index is 2.63. The Morgan fingerprint density at radius 1 is 1.59 bits per heavy atom. The van der Waals surface area contributed by atoms with Crippen LogP contribution in [0.15, 0.2) is 16.9 Å². The third-order valence-electron chi connectivity index (χ3n) is 2.25. The number of nitrogens with one attached hydrogen (secondary N) is 2. The van der Waals surface area contributed by atoms with Gasteiger partial charge >= 0.3 is 0 Å². The van der Waals surface area contributed by atoms with E-state index in [1.807, 2.05) is 6.92 Å². The molecule has 0 aliphatic carbocycles. The van der Waals surface area contributed by atoms with Gasteiger partial charge in [0.15, 0.2) is 0 Å². The summed E-state index contributed by atoms with van der Waals surface area (Å²) in [6.07, 6.45) is 1.79. The molecule has 0 bridgehead atoms. The van der Waals surface area contributed by atoms with Crippen molar-refractivity contribution >= 4 is 5.91 Å². The minimum Gasteiger partial charge on any atom is -0.383 e. The number of amides is 1. The molecule has 1 amide bonds. The largest absolute Gasteiger partial charge is 0.383 e. The maximum Gasteiger partial charge on any atom is 0.272 e. The third-order valence-corrected chi connectivity index (χ3v) is 2.25. The fourth-order valence-corrected chi connectivity index (χ4v) is 1.48. The monoisotopic (exact) mass is 239 g/mol. The van der Waals surface area contributed by atoms with Gasteiger partial charge in [0, 0.05) is 13.2 Å². The number of H-pyrrole nitrogens is 1. The lowest BCUT2D eigenvalue weighted by molar-refractivity contribution is 0.0885. The number of ether oxygens (including phenoxy) is 1. The standard InChI is InChI=1S/C11H17N3O3/c1-3-4-8(7-17-2)12-11(16)9-5-6-10(15)14-13-9/h5-6,8H,3-4,7H2,1-2H3,(H,12,16)(H,14,15). The predicted molar refractivity (Wildman–Crippen MR) is 62.9 cm³/mol. The number of nitrogens with zero attached hydrogens (tertiary/aromatic N) is 1. The Hall–Kier alpha value is -1.69. The summed E-state index contributed by atoms with van der Waals surface area (Å²) in [5.74, 6) is -0.309. The van der Waals surface area contributed by atoms with E-state index in [0.717, 1.165) is 12.8 Å². The summed E-state index contributed by atoms with van der Waals surface area (Å²) in [5, 5.41) is 8.69. The van der Waals surface area contributed by atoms with Crippen LogP contribution in [-0.2, 0) is 4.74 Å². The Morgan fingerprint density at radius 2 is 2.35 bits per heavy atom. The van der Waals surface area contributed by atoms with Gasteiger partial charge in [0.05, 0.1) is 12.6 Å². The van der Waals surface area contributed by atoms with Crippen LogP contribution in [0.1, 0.15) is 30.3 Å². The summed E-state index contributed by atoms with van der Waals surface area (Å²) in [7, 11) is 1.59. The summed E-state index contributed by atoms with van der Waals surface area (Å²) in [6.45, 7) is 2.50. The maximum atomic E-state index is 11.8. The van der Waals surface area contributed by atoms with Gasteiger partial charge in [-0.15, -0.1) is 0 Å².